The highest BCUT2D eigenvalue weighted by Crippen LogP contribution is 2.30. The van der Waals surface area contributed by atoms with Crippen LogP contribution in [0.3, 0.4) is 0 Å². The molecule has 0 amide bonds. The lowest BCUT2D eigenvalue weighted by molar-refractivity contribution is 0.320. The van der Waals surface area contributed by atoms with Crippen LogP contribution in [0.4, 0.5) is 8.78 Å². The van der Waals surface area contributed by atoms with Crippen LogP contribution in [0.1, 0.15) is 29.4 Å². The van der Waals surface area contributed by atoms with Crippen LogP contribution in [-0.4, -0.2) is 23.0 Å². The highest BCUT2D eigenvalue weighted by molar-refractivity contribution is 5.73. The fourth-order valence-corrected chi connectivity index (χ4v) is 3.30. The van der Waals surface area contributed by atoms with Crippen LogP contribution < -0.4 is 0 Å². The molecular formula is C19H18F2N2O. The van der Waals surface area contributed by atoms with Crippen LogP contribution >= 0.6 is 0 Å². The number of hydrogen-bond donors (Lipinski definition) is 0. The Kier molecular flexibility index (Phi) is 3.81. The summed E-state index contributed by atoms with van der Waals surface area (Å²) in [4.78, 5) is 6.84. The standard InChI is InChI=1S/C19H18F2N2O/c1-12-2-5-18-17(8-12)22-19(24-18)14-6-7-23(11-14)10-13-3-4-15(20)16(21)9-13/h2-5,8-9,14H,6-7,10-11H2,1H3. The van der Waals surface area contributed by atoms with E-state index >= 15 is 0 Å². The Morgan fingerprint density at radius 2 is 2.04 bits per heavy atom. The number of aryl methyl sites for hydroxylation is 1. The number of aromatic nitrogens is 1. The molecule has 124 valence electrons. The monoisotopic (exact) mass is 328 g/mol. The van der Waals surface area contributed by atoms with Gasteiger partial charge in [-0.2, -0.15) is 0 Å². The van der Waals surface area contributed by atoms with E-state index in [0.717, 1.165) is 47.6 Å². The van der Waals surface area contributed by atoms with Gasteiger partial charge in [-0.3, -0.25) is 4.90 Å². The molecule has 1 saturated heterocycles. The lowest BCUT2D eigenvalue weighted by atomic mass is 10.1. The van der Waals surface area contributed by atoms with E-state index in [2.05, 4.69) is 9.88 Å². The number of nitrogens with zero attached hydrogens (tertiary/aromatic N) is 2. The van der Waals surface area contributed by atoms with E-state index in [1.54, 1.807) is 6.07 Å². The minimum absolute atomic E-state index is 0.239. The van der Waals surface area contributed by atoms with Crippen LogP contribution in [0.25, 0.3) is 11.1 Å². The molecule has 0 bridgehead atoms. The van der Waals surface area contributed by atoms with Crippen LogP contribution in [0.5, 0.6) is 0 Å². The maximum absolute atomic E-state index is 13.3. The summed E-state index contributed by atoms with van der Waals surface area (Å²) in [7, 11) is 0. The van der Waals surface area contributed by atoms with Crippen LogP contribution in [0.2, 0.25) is 0 Å². The Balaban J connectivity index is 1.47. The number of benzene rings is 2. The molecule has 2 heterocycles. The summed E-state index contributed by atoms with van der Waals surface area (Å²) in [5.74, 6) is -0.594. The minimum Gasteiger partial charge on any atom is -0.440 e. The molecule has 0 spiro atoms. The molecule has 1 atom stereocenters. The smallest absolute Gasteiger partial charge is 0.199 e. The number of hydrogen-bond acceptors (Lipinski definition) is 3. The number of oxazole rings is 1. The van der Waals surface area contributed by atoms with E-state index in [9.17, 15) is 8.78 Å². The second-order valence-corrected chi connectivity index (χ2v) is 6.49. The molecule has 1 aliphatic rings. The lowest BCUT2D eigenvalue weighted by Gasteiger charge is -2.15. The molecule has 4 rings (SSSR count). The normalized spacial score (nSPS) is 18.5. The quantitative estimate of drug-likeness (QED) is 0.713. The molecule has 0 radical (unpaired) electrons. The van der Waals surface area contributed by atoms with Crippen molar-refractivity contribution in [1.29, 1.82) is 0 Å². The highest BCUT2D eigenvalue weighted by Gasteiger charge is 2.28. The maximum Gasteiger partial charge on any atom is 0.199 e. The number of halogens is 2. The fraction of sp³-hybridized carbons (Fsp3) is 0.316. The van der Waals surface area contributed by atoms with E-state index in [-0.39, 0.29) is 5.92 Å². The van der Waals surface area contributed by atoms with Gasteiger partial charge >= 0.3 is 0 Å². The molecule has 1 aromatic heterocycles. The van der Waals surface area contributed by atoms with Gasteiger partial charge in [-0.1, -0.05) is 12.1 Å². The molecular weight excluding hydrogens is 310 g/mol. The Hall–Kier alpha value is -2.27. The van der Waals surface area contributed by atoms with Crippen LogP contribution in [0, 0.1) is 18.6 Å². The summed E-state index contributed by atoms with van der Waals surface area (Å²) in [6, 6.07) is 10.1. The number of likely N-dealkylation sites (tertiary alicyclic amines) is 1. The average Bonchev–Trinajstić information content (AvgIpc) is 3.17. The summed E-state index contributed by atoms with van der Waals surface area (Å²) in [5.41, 5.74) is 3.65. The fourth-order valence-electron chi connectivity index (χ4n) is 3.30. The first-order chi connectivity index (χ1) is 11.6. The van der Waals surface area contributed by atoms with Crippen molar-refractivity contribution in [2.45, 2.75) is 25.8 Å². The van der Waals surface area contributed by atoms with Crippen molar-refractivity contribution in [1.82, 2.24) is 9.88 Å². The largest absolute Gasteiger partial charge is 0.440 e. The zero-order chi connectivity index (χ0) is 16.7. The van der Waals surface area contributed by atoms with E-state index in [1.807, 2.05) is 25.1 Å². The van der Waals surface area contributed by atoms with Crippen molar-refractivity contribution >= 4 is 11.1 Å². The molecule has 5 heteroatoms. The van der Waals surface area contributed by atoms with Crippen molar-refractivity contribution in [3.63, 3.8) is 0 Å². The molecule has 0 N–H and O–H groups in total. The van der Waals surface area contributed by atoms with Crippen molar-refractivity contribution in [2.75, 3.05) is 13.1 Å². The predicted molar refractivity (Wildman–Crippen MR) is 87.7 cm³/mol. The molecule has 2 aromatic carbocycles. The summed E-state index contributed by atoms with van der Waals surface area (Å²) in [6.07, 6.45) is 0.954. The Bertz CT molecular complexity index is 890. The Morgan fingerprint density at radius 3 is 2.88 bits per heavy atom. The highest BCUT2D eigenvalue weighted by atomic mass is 19.2. The Morgan fingerprint density at radius 1 is 1.17 bits per heavy atom. The molecule has 3 nitrogen and oxygen atoms in total. The van der Waals surface area contributed by atoms with Crippen LogP contribution in [0.15, 0.2) is 40.8 Å². The minimum atomic E-state index is -0.806. The zero-order valence-corrected chi connectivity index (χ0v) is 13.4. The summed E-state index contributed by atoms with van der Waals surface area (Å²) in [5, 5.41) is 0. The predicted octanol–water partition coefficient (Wildman–Crippen LogP) is 4.40. The first-order valence-electron chi connectivity index (χ1n) is 8.12. The number of fused-ring (bicyclic) bond motifs is 1. The van der Waals surface area contributed by atoms with Gasteiger partial charge in [0.1, 0.15) is 5.52 Å². The van der Waals surface area contributed by atoms with Gasteiger partial charge in [0, 0.05) is 19.0 Å². The third-order valence-corrected chi connectivity index (χ3v) is 4.57. The molecule has 1 fully saturated rings. The first-order valence-corrected chi connectivity index (χ1v) is 8.12. The van der Waals surface area contributed by atoms with Gasteiger partial charge in [-0.25, -0.2) is 13.8 Å². The van der Waals surface area contributed by atoms with Crippen molar-refractivity contribution in [2.24, 2.45) is 0 Å². The molecule has 24 heavy (non-hydrogen) atoms. The Labute approximate surface area is 138 Å². The van der Waals surface area contributed by atoms with E-state index in [1.165, 1.54) is 12.1 Å². The zero-order valence-electron chi connectivity index (χ0n) is 13.4. The van der Waals surface area contributed by atoms with Crippen molar-refractivity contribution < 1.29 is 13.2 Å². The van der Waals surface area contributed by atoms with Gasteiger partial charge in [0.05, 0.1) is 0 Å². The lowest BCUT2D eigenvalue weighted by Crippen LogP contribution is -2.20. The second-order valence-electron chi connectivity index (χ2n) is 6.49. The number of rotatable bonds is 3. The maximum atomic E-state index is 13.3. The van der Waals surface area contributed by atoms with Gasteiger partial charge in [-0.15, -0.1) is 0 Å². The van der Waals surface area contributed by atoms with Gasteiger partial charge in [0.25, 0.3) is 0 Å². The molecule has 3 aromatic rings. The summed E-state index contributed by atoms with van der Waals surface area (Å²) < 4.78 is 32.2. The molecule has 0 saturated carbocycles. The van der Waals surface area contributed by atoms with E-state index in [4.69, 9.17) is 4.42 Å². The summed E-state index contributed by atoms with van der Waals surface area (Å²) >= 11 is 0. The topological polar surface area (TPSA) is 29.3 Å². The molecule has 1 unspecified atom stereocenters. The van der Waals surface area contributed by atoms with Crippen molar-refractivity contribution in [3.05, 3.63) is 65.1 Å². The van der Waals surface area contributed by atoms with Gasteiger partial charge in [0.15, 0.2) is 23.1 Å². The summed E-state index contributed by atoms with van der Waals surface area (Å²) in [6.45, 7) is 4.34. The van der Waals surface area contributed by atoms with E-state index in [0.29, 0.717) is 6.54 Å². The van der Waals surface area contributed by atoms with Gasteiger partial charge in [0.2, 0.25) is 0 Å². The van der Waals surface area contributed by atoms with E-state index < -0.39 is 11.6 Å². The average molecular weight is 328 g/mol. The van der Waals surface area contributed by atoms with Gasteiger partial charge < -0.3 is 4.42 Å². The van der Waals surface area contributed by atoms with Gasteiger partial charge in [-0.05, 0) is 55.3 Å². The third-order valence-electron chi connectivity index (χ3n) is 4.57. The second kappa shape index (κ2) is 5.98. The molecule has 0 aliphatic carbocycles. The van der Waals surface area contributed by atoms with Crippen LogP contribution in [-0.2, 0) is 6.54 Å². The molecule has 1 aliphatic heterocycles. The third kappa shape index (κ3) is 2.91. The first kappa shape index (κ1) is 15.3. The van der Waals surface area contributed by atoms with Crippen molar-refractivity contribution in [3.8, 4) is 0 Å². The SMILES string of the molecule is Cc1ccc2oc(C3CCN(Cc4ccc(F)c(F)c4)C3)nc2c1.